The molecule has 2 aromatic carbocycles. The molecule has 0 unspecified atom stereocenters. The number of aromatic nitrogens is 3. The molecule has 3 rings (SSSR count). The lowest BCUT2D eigenvalue weighted by Gasteiger charge is -2.14. The highest BCUT2D eigenvalue weighted by atomic mass is 127. The van der Waals surface area contributed by atoms with Crippen LogP contribution in [-0.2, 0) is 17.9 Å². The van der Waals surface area contributed by atoms with E-state index < -0.39 is 11.7 Å². The Balaban J connectivity index is 1.64. The van der Waals surface area contributed by atoms with Crippen molar-refractivity contribution in [1.29, 1.82) is 0 Å². The molecule has 0 atom stereocenters. The quantitative estimate of drug-likeness (QED) is 0.197. The van der Waals surface area contributed by atoms with Gasteiger partial charge in [-0.2, -0.15) is 0 Å². The van der Waals surface area contributed by atoms with Gasteiger partial charge in [0.05, 0.1) is 17.9 Å². The lowest BCUT2D eigenvalue weighted by molar-refractivity contribution is -0.113. The van der Waals surface area contributed by atoms with Crippen LogP contribution < -0.4 is 10.6 Å². The SMILES string of the molecule is C=CCn1c(CNC(=O)c2ccccc2F)nnc1SCC(=O)Nc1ccc(I)cc1C(C)C. The maximum atomic E-state index is 13.8. The number of thioether (sulfide) groups is 1. The number of benzene rings is 2. The molecule has 0 aliphatic rings. The summed E-state index contributed by atoms with van der Waals surface area (Å²) in [5, 5.41) is 14.5. The zero-order chi connectivity index (χ0) is 24.7. The van der Waals surface area contributed by atoms with E-state index in [-0.39, 0.29) is 29.7 Å². The predicted octanol–water partition coefficient (Wildman–Crippen LogP) is 4.99. The van der Waals surface area contributed by atoms with Crippen LogP contribution in [0.1, 0.15) is 41.5 Å². The molecular formula is C24H25FIN5O2S. The first-order valence-electron chi connectivity index (χ1n) is 10.6. The molecule has 34 heavy (non-hydrogen) atoms. The molecule has 0 aliphatic heterocycles. The van der Waals surface area contributed by atoms with Crippen LogP contribution in [0.3, 0.4) is 0 Å². The van der Waals surface area contributed by atoms with Crippen molar-refractivity contribution < 1.29 is 14.0 Å². The molecular weight excluding hydrogens is 568 g/mol. The van der Waals surface area contributed by atoms with Gasteiger partial charge in [0.15, 0.2) is 11.0 Å². The first-order valence-corrected chi connectivity index (χ1v) is 12.6. The number of amides is 2. The number of carbonyl (C=O) groups excluding carboxylic acids is 2. The number of carbonyl (C=O) groups is 2. The van der Waals surface area contributed by atoms with E-state index in [0.29, 0.717) is 17.5 Å². The van der Waals surface area contributed by atoms with Crippen LogP contribution in [0.25, 0.3) is 0 Å². The van der Waals surface area contributed by atoms with Gasteiger partial charge in [0.2, 0.25) is 5.91 Å². The molecule has 1 heterocycles. The highest BCUT2D eigenvalue weighted by molar-refractivity contribution is 14.1. The minimum absolute atomic E-state index is 0.0417. The van der Waals surface area contributed by atoms with Crippen molar-refractivity contribution in [2.24, 2.45) is 0 Å². The Bertz CT molecular complexity index is 1200. The maximum absolute atomic E-state index is 13.8. The Morgan fingerprint density at radius 3 is 2.71 bits per heavy atom. The van der Waals surface area contributed by atoms with Crippen molar-refractivity contribution in [3.63, 3.8) is 0 Å². The largest absolute Gasteiger partial charge is 0.345 e. The molecule has 0 aliphatic carbocycles. The van der Waals surface area contributed by atoms with E-state index in [1.165, 1.54) is 30.0 Å². The number of rotatable bonds is 10. The Kier molecular flexibility index (Phi) is 9.22. The average Bonchev–Trinajstić information content (AvgIpc) is 3.19. The second-order valence-electron chi connectivity index (χ2n) is 7.68. The van der Waals surface area contributed by atoms with E-state index in [4.69, 9.17) is 0 Å². The summed E-state index contributed by atoms with van der Waals surface area (Å²) in [6.45, 7) is 8.38. The lowest BCUT2D eigenvalue weighted by atomic mass is 10.0. The lowest BCUT2D eigenvalue weighted by Crippen LogP contribution is -2.25. The van der Waals surface area contributed by atoms with E-state index >= 15 is 0 Å². The molecule has 178 valence electrons. The molecule has 2 amide bonds. The maximum Gasteiger partial charge on any atom is 0.254 e. The highest BCUT2D eigenvalue weighted by Gasteiger charge is 2.17. The number of nitrogens with zero attached hydrogens (tertiary/aromatic N) is 3. The number of halogens is 2. The molecule has 10 heteroatoms. The fraction of sp³-hybridized carbons (Fsp3) is 0.250. The van der Waals surface area contributed by atoms with E-state index in [1.807, 2.05) is 12.1 Å². The van der Waals surface area contributed by atoms with Gasteiger partial charge in [-0.3, -0.25) is 9.59 Å². The molecule has 1 aromatic heterocycles. The molecule has 3 aromatic rings. The smallest absolute Gasteiger partial charge is 0.254 e. The van der Waals surface area contributed by atoms with Crippen LogP contribution >= 0.6 is 34.4 Å². The summed E-state index contributed by atoms with van der Waals surface area (Å²) in [4.78, 5) is 24.9. The summed E-state index contributed by atoms with van der Waals surface area (Å²) in [5.41, 5.74) is 1.83. The van der Waals surface area contributed by atoms with Crippen LogP contribution in [0, 0.1) is 9.39 Å². The minimum Gasteiger partial charge on any atom is -0.345 e. The van der Waals surface area contributed by atoms with Crippen LogP contribution in [0.4, 0.5) is 10.1 Å². The van der Waals surface area contributed by atoms with Gasteiger partial charge in [0.1, 0.15) is 5.82 Å². The third-order valence-electron chi connectivity index (χ3n) is 4.87. The van der Waals surface area contributed by atoms with Crippen molar-refractivity contribution in [3.05, 3.63) is 81.5 Å². The summed E-state index contributed by atoms with van der Waals surface area (Å²) in [6.07, 6.45) is 1.68. The first-order chi connectivity index (χ1) is 16.3. The van der Waals surface area contributed by atoms with Crippen molar-refractivity contribution >= 4 is 51.9 Å². The summed E-state index contributed by atoms with van der Waals surface area (Å²) in [7, 11) is 0. The van der Waals surface area contributed by atoms with Gasteiger partial charge in [0, 0.05) is 15.8 Å². The van der Waals surface area contributed by atoms with E-state index in [0.717, 1.165) is 14.8 Å². The van der Waals surface area contributed by atoms with Gasteiger partial charge in [0.25, 0.3) is 5.91 Å². The van der Waals surface area contributed by atoms with Crippen molar-refractivity contribution in [1.82, 2.24) is 20.1 Å². The number of hydrogen-bond acceptors (Lipinski definition) is 5. The summed E-state index contributed by atoms with van der Waals surface area (Å²) >= 11 is 3.50. The molecule has 0 saturated heterocycles. The normalized spacial score (nSPS) is 10.9. The topological polar surface area (TPSA) is 88.9 Å². The van der Waals surface area contributed by atoms with E-state index in [9.17, 15) is 14.0 Å². The Hall–Kier alpha value is -2.73. The fourth-order valence-corrected chi connectivity index (χ4v) is 4.49. The molecule has 0 bridgehead atoms. The minimum atomic E-state index is -0.594. The number of nitrogens with one attached hydrogen (secondary N) is 2. The molecule has 2 N–H and O–H groups in total. The average molecular weight is 593 g/mol. The first kappa shape index (κ1) is 25.9. The molecule has 0 spiro atoms. The zero-order valence-electron chi connectivity index (χ0n) is 18.8. The zero-order valence-corrected chi connectivity index (χ0v) is 21.8. The third-order valence-corrected chi connectivity index (χ3v) is 6.51. The molecule has 0 saturated carbocycles. The Morgan fingerprint density at radius 1 is 1.24 bits per heavy atom. The van der Waals surface area contributed by atoms with Gasteiger partial charge in [-0.1, -0.05) is 43.8 Å². The number of allylic oxidation sites excluding steroid dienone is 1. The molecule has 7 nitrogen and oxygen atoms in total. The Labute approximate surface area is 215 Å². The van der Waals surface area contributed by atoms with E-state index in [1.54, 1.807) is 16.7 Å². The van der Waals surface area contributed by atoms with Crippen molar-refractivity contribution in [2.75, 3.05) is 11.1 Å². The number of hydrogen-bond donors (Lipinski definition) is 2. The monoisotopic (exact) mass is 593 g/mol. The van der Waals surface area contributed by atoms with Gasteiger partial charge in [-0.15, -0.1) is 16.8 Å². The second kappa shape index (κ2) is 12.1. The summed E-state index contributed by atoms with van der Waals surface area (Å²) in [6, 6.07) is 11.7. The van der Waals surface area contributed by atoms with Gasteiger partial charge in [-0.25, -0.2) is 4.39 Å². The van der Waals surface area contributed by atoms with Crippen LogP contribution in [0.15, 0.2) is 60.3 Å². The van der Waals surface area contributed by atoms with Gasteiger partial charge < -0.3 is 15.2 Å². The summed E-state index contributed by atoms with van der Waals surface area (Å²) < 4.78 is 16.7. The Morgan fingerprint density at radius 2 is 2.00 bits per heavy atom. The van der Waals surface area contributed by atoms with Crippen LogP contribution in [0.2, 0.25) is 0 Å². The molecule has 0 fully saturated rings. The standard InChI is InChI=1S/C24H25FIN5O2S/c1-4-11-31-21(13-27-23(33)17-7-5-6-8-19(17)25)29-30-24(31)34-14-22(32)28-20-10-9-16(26)12-18(20)15(2)3/h4-10,12,15H,1,11,13-14H2,2-3H3,(H,27,33)(H,28,32). The highest BCUT2D eigenvalue weighted by Crippen LogP contribution is 2.27. The third kappa shape index (κ3) is 6.66. The summed E-state index contributed by atoms with van der Waals surface area (Å²) in [5.74, 6) is -0.402. The fourth-order valence-electron chi connectivity index (χ4n) is 3.21. The molecule has 0 radical (unpaired) electrons. The van der Waals surface area contributed by atoms with Crippen molar-refractivity contribution in [2.45, 2.75) is 38.0 Å². The van der Waals surface area contributed by atoms with Crippen LogP contribution in [-0.4, -0.2) is 32.3 Å². The second-order valence-corrected chi connectivity index (χ2v) is 9.87. The van der Waals surface area contributed by atoms with Gasteiger partial charge >= 0.3 is 0 Å². The van der Waals surface area contributed by atoms with Crippen molar-refractivity contribution in [3.8, 4) is 0 Å². The van der Waals surface area contributed by atoms with E-state index in [2.05, 4.69) is 69.9 Å². The number of anilines is 1. The van der Waals surface area contributed by atoms with Crippen LogP contribution in [0.5, 0.6) is 0 Å². The predicted molar refractivity (Wildman–Crippen MR) is 140 cm³/mol. The van der Waals surface area contributed by atoms with Gasteiger partial charge in [-0.05, 0) is 64.4 Å².